The van der Waals surface area contributed by atoms with Crippen LogP contribution in [0.2, 0.25) is 0 Å². The third-order valence-electron chi connectivity index (χ3n) is 2.48. The van der Waals surface area contributed by atoms with E-state index in [4.69, 9.17) is 0 Å². The SMILES string of the molecule is Cc1ccc(Br)c(-c2nnc(CNC(C)C)s2)c1. The number of halogens is 1. The lowest BCUT2D eigenvalue weighted by Gasteiger charge is -2.04. The highest BCUT2D eigenvalue weighted by Gasteiger charge is 2.10. The second-order valence-electron chi connectivity index (χ2n) is 4.52. The van der Waals surface area contributed by atoms with Crippen molar-refractivity contribution in [3.8, 4) is 10.6 Å². The van der Waals surface area contributed by atoms with Crippen molar-refractivity contribution in [3.05, 3.63) is 33.2 Å². The van der Waals surface area contributed by atoms with E-state index in [1.54, 1.807) is 11.3 Å². The molecule has 0 aliphatic carbocycles. The van der Waals surface area contributed by atoms with Gasteiger partial charge in [0.05, 0.1) is 0 Å². The highest BCUT2D eigenvalue weighted by Crippen LogP contribution is 2.31. The molecule has 0 unspecified atom stereocenters. The minimum absolute atomic E-state index is 0.461. The zero-order valence-electron chi connectivity index (χ0n) is 10.7. The molecule has 0 saturated heterocycles. The summed E-state index contributed by atoms with van der Waals surface area (Å²) < 4.78 is 1.06. The molecule has 0 saturated carbocycles. The van der Waals surface area contributed by atoms with Crippen LogP contribution in [0.25, 0.3) is 10.6 Å². The van der Waals surface area contributed by atoms with Crippen LogP contribution in [0.1, 0.15) is 24.4 Å². The van der Waals surface area contributed by atoms with Crippen LogP contribution in [0.15, 0.2) is 22.7 Å². The van der Waals surface area contributed by atoms with E-state index in [0.717, 1.165) is 26.6 Å². The van der Waals surface area contributed by atoms with Gasteiger partial charge in [0.25, 0.3) is 0 Å². The van der Waals surface area contributed by atoms with Crippen LogP contribution >= 0.6 is 27.3 Å². The fourth-order valence-electron chi connectivity index (χ4n) is 1.53. The molecule has 1 heterocycles. The van der Waals surface area contributed by atoms with Gasteiger partial charge in [0.2, 0.25) is 0 Å². The average Bonchev–Trinajstić information content (AvgIpc) is 2.78. The maximum absolute atomic E-state index is 4.26. The van der Waals surface area contributed by atoms with E-state index in [9.17, 15) is 0 Å². The van der Waals surface area contributed by atoms with Crippen molar-refractivity contribution in [2.75, 3.05) is 0 Å². The lowest BCUT2D eigenvalue weighted by Crippen LogP contribution is -2.21. The Morgan fingerprint density at radius 1 is 1.33 bits per heavy atom. The van der Waals surface area contributed by atoms with Gasteiger partial charge >= 0.3 is 0 Å². The molecule has 2 aromatic rings. The van der Waals surface area contributed by atoms with Crippen LogP contribution in [-0.2, 0) is 6.54 Å². The minimum atomic E-state index is 0.461. The molecule has 18 heavy (non-hydrogen) atoms. The first kappa shape index (κ1) is 13.6. The Labute approximate surface area is 120 Å². The molecule has 0 bridgehead atoms. The number of aromatic nitrogens is 2. The molecule has 0 radical (unpaired) electrons. The predicted molar refractivity (Wildman–Crippen MR) is 79.8 cm³/mol. The fraction of sp³-hybridized carbons (Fsp3) is 0.385. The summed E-state index contributed by atoms with van der Waals surface area (Å²) in [6, 6.07) is 6.72. The Morgan fingerprint density at radius 3 is 2.83 bits per heavy atom. The van der Waals surface area contributed by atoms with Gasteiger partial charge in [0, 0.05) is 22.6 Å². The van der Waals surface area contributed by atoms with E-state index in [-0.39, 0.29) is 0 Å². The first-order chi connectivity index (χ1) is 8.56. The molecule has 5 heteroatoms. The summed E-state index contributed by atoms with van der Waals surface area (Å²) in [5.41, 5.74) is 2.34. The summed E-state index contributed by atoms with van der Waals surface area (Å²) in [6.45, 7) is 7.11. The largest absolute Gasteiger partial charge is 0.308 e. The molecule has 0 aliphatic heterocycles. The maximum Gasteiger partial charge on any atom is 0.148 e. The predicted octanol–water partition coefficient (Wildman–Crippen LogP) is 3.77. The zero-order chi connectivity index (χ0) is 13.1. The normalized spacial score (nSPS) is 11.2. The molecule has 3 nitrogen and oxygen atoms in total. The van der Waals surface area contributed by atoms with Crippen LogP contribution in [0.5, 0.6) is 0 Å². The maximum atomic E-state index is 4.26. The van der Waals surface area contributed by atoms with Crippen molar-refractivity contribution in [2.24, 2.45) is 0 Å². The monoisotopic (exact) mass is 325 g/mol. The molecule has 0 atom stereocenters. The third kappa shape index (κ3) is 3.37. The first-order valence-electron chi connectivity index (χ1n) is 5.88. The Hall–Kier alpha value is -0.780. The Balaban J connectivity index is 2.21. The summed E-state index contributed by atoms with van der Waals surface area (Å²) in [4.78, 5) is 0. The Bertz CT molecular complexity index is 537. The van der Waals surface area contributed by atoms with Gasteiger partial charge in [-0.3, -0.25) is 0 Å². The molecule has 0 amide bonds. The highest BCUT2D eigenvalue weighted by molar-refractivity contribution is 9.10. The number of nitrogens with one attached hydrogen (secondary N) is 1. The van der Waals surface area contributed by atoms with Crippen LogP contribution in [0.3, 0.4) is 0 Å². The summed E-state index contributed by atoms with van der Waals surface area (Å²) in [7, 11) is 0. The van der Waals surface area contributed by atoms with Crippen molar-refractivity contribution in [1.82, 2.24) is 15.5 Å². The van der Waals surface area contributed by atoms with Crippen LogP contribution < -0.4 is 5.32 Å². The molecule has 96 valence electrons. The van der Waals surface area contributed by atoms with Crippen molar-refractivity contribution in [2.45, 2.75) is 33.4 Å². The molecule has 0 spiro atoms. The topological polar surface area (TPSA) is 37.8 Å². The van der Waals surface area contributed by atoms with Gasteiger partial charge < -0.3 is 5.32 Å². The minimum Gasteiger partial charge on any atom is -0.308 e. The molecular formula is C13H16BrN3S. The number of hydrogen-bond donors (Lipinski definition) is 1. The van der Waals surface area contributed by atoms with E-state index >= 15 is 0 Å². The lowest BCUT2D eigenvalue weighted by atomic mass is 10.1. The van der Waals surface area contributed by atoms with Gasteiger partial charge in [-0.25, -0.2) is 0 Å². The fourth-order valence-corrected chi connectivity index (χ4v) is 2.91. The second kappa shape index (κ2) is 5.91. The number of aryl methyl sites for hydroxylation is 1. The van der Waals surface area contributed by atoms with Gasteiger partial charge in [0.15, 0.2) is 0 Å². The van der Waals surface area contributed by atoms with Gasteiger partial charge in [-0.2, -0.15) is 0 Å². The number of nitrogens with zero attached hydrogens (tertiary/aromatic N) is 2. The molecular weight excluding hydrogens is 310 g/mol. The summed E-state index contributed by atoms with van der Waals surface area (Å²) in [5, 5.41) is 13.8. The number of hydrogen-bond acceptors (Lipinski definition) is 4. The van der Waals surface area contributed by atoms with Gasteiger partial charge in [-0.15, -0.1) is 10.2 Å². The van der Waals surface area contributed by atoms with Crippen LogP contribution in [-0.4, -0.2) is 16.2 Å². The summed E-state index contributed by atoms with van der Waals surface area (Å²) in [5.74, 6) is 0. The van der Waals surface area contributed by atoms with Gasteiger partial charge in [-0.1, -0.05) is 52.7 Å². The van der Waals surface area contributed by atoms with Crippen molar-refractivity contribution >= 4 is 27.3 Å². The number of rotatable bonds is 4. The smallest absolute Gasteiger partial charge is 0.148 e. The molecule has 2 rings (SSSR count). The average molecular weight is 326 g/mol. The molecule has 0 aliphatic rings. The molecule has 0 fully saturated rings. The van der Waals surface area contributed by atoms with Crippen LogP contribution in [0.4, 0.5) is 0 Å². The standard InChI is InChI=1S/C13H16BrN3S/c1-8(2)15-7-12-16-17-13(18-12)10-6-9(3)4-5-11(10)14/h4-6,8,15H,7H2,1-3H3. The molecule has 1 aromatic carbocycles. The van der Waals surface area contributed by atoms with E-state index in [0.29, 0.717) is 6.04 Å². The van der Waals surface area contributed by atoms with E-state index < -0.39 is 0 Å². The number of benzene rings is 1. The zero-order valence-corrected chi connectivity index (χ0v) is 13.1. The Morgan fingerprint density at radius 2 is 2.11 bits per heavy atom. The van der Waals surface area contributed by atoms with E-state index in [1.165, 1.54) is 5.56 Å². The van der Waals surface area contributed by atoms with Crippen LogP contribution in [0, 0.1) is 6.92 Å². The molecule has 1 N–H and O–H groups in total. The van der Waals surface area contributed by atoms with Crippen molar-refractivity contribution < 1.29 is 0 Å². The van der Waals surface area contributed by atoms with Crippen molar-refractivity contribution in [3.63, 3.8) is 0 Å². The second-order valence-corrected chi connectivity index (χ2v) is 6.44. The highest BCUT2D eigenvalue weighted by atomic mass is 79.9. The van der Waals surface area contributed by atoms with Crippen molar-refractivity contribution in [1.29, 1.82) is 0 Å². The molecule has 1 aromatic heterocycles. The van der Waals surface area contributed by atoms with E-state index in [1.807, 2.05) is 0 Å². The van der Waals surface area contributed by atoms with E-state index in [2.05, 4.69) is 70.4 Å². The quantitative estimate of drug-likeness (QED) is 0.929. The summed E-state index contributed by atoms with van der Waals surface area (Å²) in [6.07, 6.45) is 0. The first-order valence-corrected chi connectivity index (χ1v) is 7.49. The lowest BCUT2D eigenvalue weighted by molar-refractivity contribution is 0.585. The third-order valence-corrected chi connectivity index (χ3v) is 4.13. The summed E-state index contributed by atoms with van der Waals surface area (Å²) >= 11 is 5.20. The van der Waals surface area contributed by atoms with Gasteiger partial charge in [0.1, 0.15) is 10.0 Å². The van der Waals surface area contributed by atoms with Gasteiger partial charge in [-0.05, 0) is 19.1 Å². The Kier molecular flexibility index (Phi) is 4.48.